The zero-order valence-electron chi connectivity index (χ0n) is 19.2. The zero-order chi connectivity index (χ0) is 27.3. The fourth-order valence-corrected chi connectivity index (χ4v) is 4.36. The Balaban J connectivity index is 1.53. The molecule has 198 valence electrons. The molecule has 3 aromatic heterocycles. The summed E-state index contributed by atoms with van der Waals surface area (Å²) in [6.07, 6.45) is -3.64. The van der Waals surface area contributed by atoms with Crippen LogP contribution in [-0.4, -0.2) is 40.1 Å². The van der Waals surface area contributed by atoms with Gasteiger partial charge in [-0.05, 0) is 60.9 Å². The summed E-state index contributed by atoms with van der Waals surface area (Å²) in [6, 6.07) is 8.58. The first-order valence-corrected chi connectivity index (χ1v) is 12.6. The minimum Gasteiger partial charge on any atom is -0.354 e. The number of anilines is 2. The molecule has 0 aliphatic heterocycles. The number of alkyl halides is 3. The van der Waals surface area contributed by atoms with E-state index in [1.54, 1.807) is 6.07 Å². The average Bonchev–Trinajstić information content (AvgIpc) is 3.63. The van der Waals surface area contributed by atoms with E-state index in [1.165, 1.54) is 18.3 Å². The summed E-state index contributed by atoms with van der Waals surface area (Å²) in [5.74, 6) is -1.86. The summed E-state index contributed by atoms with van der Waals surface area (Å²) in [5, 5.41) is 10.3. The summed E-state index contributed by atoms with van der Waals surface area (Å²) < 4.78 is 91.6. The Morgan fingerprint density at radius 1 is 1.00 bits per heavy atom. The molecule has 0 atom stereocenters. The maximum absolute atomic E-state index is 13.9. The van der Waals surface area contributed by atoms with Crippen LogP contribution in [0, 0.1) is 11.8 Å². The largest absolute Gasteiger partial charge is 0.411 e. The fourth-order valence-electron chi connectivity index (χ4n) is 3.77. The SMILES string of the molecule is NS(=O)(=O)c1cc(F)cc(CNc2nc(NC3(C(F)(F)F)CC3)c3nc(-c4ccc(F)nc4)ccc3n2)c1. The number of hydrogen-bond acceptors (Lipinski definition) is 8. The van der Waals surface area contributed by atoms with Crippen molar-refractivity contribution in [1.29, 1.82) is 0 Å². The van der Waals surface area contributed by atoms with Gasteiger partial charge in [-0.1, -0.05) is 0 Å². The fraction of sp³-hybridized carbons (Fsp3) is 0.217. The maximum atomic E-state index is 13.9. The first-order valence-electron chi connectivity index (χ1n) is 11.0. The van der Waals surface area contributed by atoms with E-state index in [-0.39, 0.29) is 47.7 Å². The number of aromatic nitrogens is 4. The highest BCUT2D eigenvalue weighted by Gasteiger charge is 2.64. The van der Waals surface area contributed by atoms with Gasteiger partial charge < -0.3 is 10.6 Å². The molecule has 3 heterocycles. The Bertz CT molecular complexity index is 1640. The van der Waals surface area contributed by atoms with E-state index in [0.717, 1.165) is 24.3 Å². The summed E-state index contributed by atoms with van der Waals surface area (Å²) in [7, 11) is -4.17. The lowest BCUT2D eigenvalue weighted by molar-refractivity contribution is -0.151. The smallest absolute Gasteiger partial charge is 0.354 e. The Labute approximate surface area is 212 Å². The Morgan fingerprint density at radius 3 is 2.39 bits per heavy atom. The van der Waals surface area contributed by atoms with E-state index in [0.29, 0.717) is 11.3 Å². The number of fused-ring (bicyclic) bond motifs is 1. The molecule has 0 amide bonds. The van der Waals surface area contributed by atoms with Crippen molar-refractivity contribution in [3.05, 3.63) is 66.0 Å². The third kappa shape index (κ3) is 5.19. The molecule has 4 aromatic rings. The molecule has 1 fully saturated rings. The molecule has 15 heteroatoms. The minimum atomic E-state index is -4.55. The monoisotopic (exact) mass is 551 g/mol. The van der Waals surface area contributed by atoms with E-state index in [4.69, 9.17) is 5.14 Å². The Morgan fingerprint density at radius 2 is 1.76 bits per heavy atom. The van der Waals surface area contributed by atoms with Crippen molar-refractivity contribution in [2.45, 2.75) is 36.0 Å². The first kappa shape index (κ1) is 25.7. The molecule has 0 radical (unpaired) electrons. The number of nitrogens with zero attached hydrogens (tertiary/aromatic N) is 4. The number of hydrogen-bond donors (Lipinski definition) is 3. The van der Waals surface area contributed by atoms with Crippen LogP contribution in [-0.2, 0) is 16.6 Å². The molecule has 5 rings (SSSR count). The topological polar surface area (TPSA) is 136 Å². The summed E-state index contributed by atoms with van der Waals surface area (Å²) in [6.45, 7) is -0.164. The number of rotatable bonds is 7. The number of pyridine rings is 2. The second kappa shape index (κ2) is 9.09. The van der Waals surface area contributed by atoms with Crippen LogP contribution in [0.5, 0.6) is 0 Å². The first-order chi connectivity index (χ1) is 17.8. The molecule has 1 aliphatic carbocycles. The van der Waals surface area contributed by atoms with Crippen molar-refractivity contribution in [2.75, 3.05) is 10.6 Å². The molecule has 9 nitrogen and oxygen atoms in total. The maximum Gasteiger partial charge on any atom is 0.411 e. The van der Waals surface area contributed by atoms with Gasteiger partial charge in [0, 0.05) is 18.3 Å². The predicted octanol–water partition coefficient (Wildman–Crippen LogP) is 4.13. The van der Waals surface area contributed by atoms with Crippen LogP contribution in [0.25, 0.3) is 22.3 Å². The van der Waals surface area contributed by atoms with E-state index in [9.17, 15) is 30.4 Å². The third-order valence-electron chi connectivity index (χ3n) is 5.93. The van der Waals surface area contributed by atoms with E-state index in [1.807, 2.05) is 0 Å². The third-order valence-corrected chi connectivity index (χ3v) is 6.82. The van der Waals surface area contributed by atoms with Crippen LogP contribution in [0.15, 0.2) is 53.6 Å². The molecule has 1 saturated carbocycles. The highest BCUT2D eigenvalue weighted by Crippen LogP contribution is 2.51. The highest BCUT2D eigenvalue weighted by molar-refractivity contribution is 7.89. The van der Waals surface area contributed by atoms with Gasteiger partial charge in [-0.3, -0.25) is 0 Å². The Kier molecular flexibility index (Phi) is 6.14. The van der Waals surface area contributed by atoms with E-state index < -0.39 is 38.4 Å². The molecule has 0 bridgehead atoms. The van der Waals surface area contributed by atoms with Gasteiger partial charge in [0.1, 0.15) is 16.9 Å². The normalized spacial score (nSPS) is 14.9. The van der Waals surface area contributed by atoms with Crippen molar-refractivity contribution in [1.82, 2.24) is 19.9 Å². The Hall–Kier alpha value is -3.98. The van der Waals surface area contributed by atoms with Crippen molar-refractivity contribution >= 4 is 32.8 Å². The van der Waals surface area contributed by atoms with Crippen molar-refractivity contribution in [3.8, 4) is 11.3 Å². The second-order valence-corrected chi connectivity index (χ2v) is 10.3. The molecule has 0 spiro atoms. The van der Waals surface area contributed by atoms with Gasteiger partial charge in [0.25, 0.3) is 0 Å². The number of nitrogens with two attached hydrogens (primary N) is 1. The molecule has 1 aliphatic rings. The molecule has 0 unspecified atom stereocenters. The van der Waals surface area contributed by atoms with E-state index in [2.05, 4.69) is 30.6 Å². The quantitative estimate of drug-likeness (QED) is 0.231. The van der Waals surface area contributed by atoms with Gasteiger partial charge in [0.05, 0.1) is 16.1 Å². The zero-order valence-corrected chi connectivity index (χ0v) is 20.0. The van der Waals surface area contributed by atoms with Crippen LogP contribution in [0.1, 0.15) is 18.4 Å². The van der Waals surface area contributed by atoms with Crippen LogP contribution in [0.2, 0.25) is 0 Å². The van der Waals surface area contributed by atoms with Crippen molar-refractivity contribution < 1.29 is 30.4 Å². The lowest BCUT2D eigenvalue weighted by Crippen LogP contribution is -2.39. The highest BCUT2D eigenvalue weighted by atomic mass is 32.2. The van der Waals surface area contributed by atoms with Crippen LogP contribution in [0.3, 0.4) is 0 Å². The van der Waals surface area contributed by atoms with Gasteiger partial charge in [0.2, 0.25) is 21.9 Å². The molecule has 38 heavy (non-hydrogen) atoms. The van der Waals surface area contributed by atoms with Crippen LogP contribution >= 0.6 is 0 Å². The summed E-state index contributed by atoms with van der Waals surface area (Å²) in [5.41, 5.74) is -1.03. The molecule has 1 aromatic carbocycles. The average molecular weight is 552 g/mol. The molecule has 0 saturated heterocycles. The summed E-state index contributed by atoms with van der Waals surface area (Å²) in [4.78, 5) is 16.0. The van der Waals surface area contributed by atoms with Crippen LogP contribution < -0.4 is 15.8 Å². The number of halogens is 5. The lowest BCUT2D eigenvalue weighted by atomic mass is 10.1. The number of benzene rings is 1. The van der Waals surface area contributed by atoms with Gasteiger partial charge in [0.15, 0.2) is 5.82 Å². The van der Waals surface area contributed by atoms with Gasteiger partial charge in [-0.15, -0.1) is 0 Å². The van der Waals surface area contributed by atoms with Gasteiger partial charge >= 0.3 is 6.18 Å². The van der Waals surface area contributed by atoms with Crippen molar-refractivity contribution in [3.63, 3.8) is 0 Å². The lowest BCUT2D eigenvalue weighted by Gasteiger charge is -2.22. The predicted molar refractivity (Wildman–Crippen MR) is 127 cm³/mol. The number of sulfonamides is 1. The number of primary sulfonamides is 1. The van der Waals surface area contributed by atoms with Gasteiger partial charge in [-0.2, -0.15) is 22.5 Å². The van der Waals surface area contributed by atoms with Crippen LogP contribution in [0.4, 0.5) is 33.7 Å². The van der Waals surface area contributed by atoms with Crippen molar-refractivity contribution in [2.24, 2.45) is 5.14 Å². The summed E-state index contributed by atoms with van der Waals surface area (Å²) >= 11 is 0. The minimum absolute atomic E-state index is 0.0372. The van der Waals surface area contributed by atoms with Gasteiger partial charge in [-0.25, -0.2) is 32.9 Å². The number of nitrogens with one attached hydrogen (secondary N) is 2. The molecular weight excluding hydrogens is 533 g/mol. The second-order valence-electron chi connectivity index (χ2n) is 8.73. The molecular formula is C23H18F5N7O2S. The standard InChI is InChI=1S/C23H18F5N7O2S/c24-14-7-12(8-15(9-14)38(29,36)37)10-31-21-33-17-3-2-16(13-1-4-18(25)30-11-13)32-19(17)20(34-21)35-22(5-6-22)23(26,27)28/h1-4,7-9,11H,5-6,10H2,(H2,29,36,37)(H2,31,33,34,35). The van der Waals surface area contributed by atoms with E-state index >= 15 is 0 Å². The molecule has 4 N–H and O–H groups in total.